The number of amides is 1. The number of pyridine rings is 1. The molecule has 2 heterocycles. The number of hydrazone groups is 1. The Morgan fingerprint density at radius 1 is 1.11 bits per heavy atom. The topological polar surface area (TPSA) is 59.3 Å². The number of carbonyl (C=O) groups excluding carboxylic acids is 1. The van der Waals surface area contributed by atoms with Gasteiger partial charge in [0.05, 0.1) is 11.8 Å². The predicted molar refractivity (Wildman–Crippen MR) is 114 cm³/mol. The zero-order valence-electron chi connectivity index (χ0n) is 14.9. The van der Waals surface area contributed by atoms with E-state index in [0.717, 1.165) is 27.5 Å². The summed E-state index contributed by atoms with van der Waals surface area (Å²) < 4.78 is 3.24. The minimum Gasteiger partial charge on any atom is -0.342 e. The van der Waals surface area contributed by atoms with Crippen molar-refractivity contribution in [1.82, 2.24) is 15.0 Å². The molecular formula is C22H17BrN4O. The van der Waals surface area contributed by atoms with Crippen LogP contribution in [0.1, 0.15) is 21.5 Å². The fourth-order valence-corrected chi connectivity index (χ4v) is 3.28. The van der Waals surface area contributed by atoms with Gasteiger partial charge in [-0.3, -0.25) is 9.78 Å². The highest BCUT2D eigenvalue weighted by Crippen LogP contribution is 2.21. The number of hydrogen-bond acceptors (Lipinski definition) is 3. The smallest absolute Gasteiger partial charge is 0.272 e. The molecule has 1 N–H and O–H groups in total. The van der Waals surface area contributed by atoms with Crippen molar-refractivity contribution in [1.29, 1.82) is 0 Å². The van der Waals surface area contributed by atoms with Crippen molar-refractivity contribution in [2.75, 3.05) is 0 Å². The van der Waals surface area contributed by atoms with E-state index >= 15 is 0 Å². The molecule has 0 fully saturated rings. The summed E-state index contributed by atoms with van der Waals surface area (Å²) in [5.41, 5.74) is 6.29. The van der Waals surface area contributed by atoms with Crippen molar-refractivity contribution in [3.63, 3.8) is 0 Å². The maximum absolute atomic E-state index is 12.1. The summed E-state index contributed by atoms with van der Waals surface area (Å²) >= 11 is 3.47. The van der Waals surface area contributed by atoms with Gasteiger partial charge in [0.1, 0.15) is 0 Å². The maximum atomic E-state index is 12.1. The van der Waals surface area contributed by atoms with Gasteiger partial charge in [-0.2, -0.15) is 5.10 Å². The Morgan fingerprint density at radius 3 is 2.71 bits per heavy atom. The Balaban J connectivity index is 1.57. The largest absolute Gasteiger partial charge is 0.342 e. The molecule has 0 radical (unpaired) electrons. The summed E-state index contributed by atoms with van der Waals surface area (Å²) in [5, 5.41) is 5.21. The lowest BCUT2D eigenvalue weighted by Crippen LogP contribution is -2.17. The minimum atomic E-state index is -0.289. The van der Waals surface area contributed by atoms with Crippen molar-refractivity contribution in [2.24, 2.45) is 5.10 Å². The standard InChI is InChI=1S/C22H17BrN4O/c23-19-9-7-16(8-10-19)14-27-15-18(20-5-1-2-6-21(20)27)13-25-26-22(28)17-4-3-11-24-12-17/h1-13,15H,14H2,(H,26,28). The monoisotopic (exact) mass is 432 g/mol. The second-order valence-electron chi connectivity index (χ2n) is 6.30. The number of nitrogens with one attached hydrogen (secondary N) is 1. The normalized spacial score (nSPS) is 11.2. The van der Waals surface area contributed by atoms with Crippen LogP contribution in [0, 0.1) is 0 Å². The number of aromatic nitrogens is 2. The zero-order valence-corrected chi connectivity index (χ0v) is 16.5. The molecule has 4 rings (SSSR count). The first kappa shape index (κ1) is 18.1. The quantitative estimate of drug-likeness (QED) is 0.369. The fourth-order valence-electron chi connectivity index (χ4n) is 3.02. The minimum absolute atomic E-state index is 0.289. The van der Waals surface area contributed by atoms with Gasteiger partial charge in [0.25, 0.3) is 5.91 Å². The molecule has 2 aromatic carbocycles. The molecule has 0 saturated heterocycles. The lowest BCUT2D eigenvalue weighted by atomic mass is 10.2. The zero-order chi connectivity index (χ0) is 19.3. The van der Waals surface area contributed by atoms with Crippen LogP contribution < -0.4 is 5.43 Å². The summed E-state index contributed by atoms with van der Waals surface area (Å²) in [4.78, 5) is 16.0. The third-order valence-corrected chi connectivity index (χ3v) is 4.91. The molecular weight excluding hydrogens is 416 g/mol. The number of benzene rings is 2. The third-order valence-electron chi connectivity index (χ3n) is 4.38. The first-order chi connectivity index (χ1) is 13.7. The van der Waals surface area contributed by atoms with Gasteiger partial charge in [0, 0.05) is 46.1 Å². The number of nitrogens with zero attached hydrogens (tertiary/aromatic N) is 3. The van der Waals surface area contributed by atoms with Crippen LogP contribution in [0.15, 0.2) is 88.8 Å². The number of para-hydroxylation sites is 1. The van der Waals surface area contributed by atoms with E-state index in [0.29, 0.717) is 5.56 Å². The van der Waals surface area contributed by atoms with E-state index in [9.17, 15) is 4.79 Å². The summed E-state index contributed by atoms with van der Waals surface area (Å²) in [6, 6.07) is 19.8. The van der Waals surface area contributed by atoms with Crippen molar-refractivity contribution in [2.45, 2.75) is 6.54 Å². The van der Waals surface area contributed by atoms with Gasteiger partial charge in [-0.25, -0.2) is 5.43 Å². The van der Waals surface area contributed by atoms with E-state index in [1.54, 1.807) is 24.5 Å². The van der Waals surface area contributed by atoms with Gasteiger partial charge in [-0.15, -0.1) is 0 Å². The van der Waals surface area contributed by atoms with E-state index in [2.05, 4.69) is 60.3 Å². The Kier molecular flexibility index (Phi) is 5.30. The van der Waals surface area contributed by atoms with Crippen molar-refractivity contribution in [3.05, 3.63) is 100 Å². The van der Waals surface area contributed by atoms with Crippen LogP contribution in [0.3, 0.4) is 0 Å². The molecule has 138 valence electrons. The van der Waals surface area contributed by atoms with Gasteiger partial charge < -0.3 is 4.57 Å². The summed E-state index contributed by atoms with van der Waals surface area (Å²) in [5.74, 6) is -0.289. The molecule has 0 unspecified atom stereocenters. The SMILES string of the molecule is O=C(NN=Cc1cn(Cc2ccc(Br)cc2)c2ccccc12)c1cccnc1. The van der Waals surface area contributed by atoms with Crippen LogP contribution >= 0.6 is 15.9 Å². The molecule has 28 heavy (non-hydrogen) atoms. The predicted octanol–water partition coefficient (Wildman–Crippen LogP) is 4.61. The fraction of sp³-hybridized carbons (Fsp3) is 0.0455. The lowest BCUT2D eigenvalue weighted by Gasteiger charge is -2.05. The van der Waals surface area contributed by atoms with E-state index in [1.807, 2.05) is 30.5 Å². The number of halogens is 1. The van der Waals surface area contributed by atoms with Gasteiger partial charge in [0.2, 0.25) is 0 Å². The van der Waals surface area contributed by atoms with Crippen molar-refractivity contribution in [3.8, 4) is 0 Å². The van der Waals surface area contributed by atoms with Gasteiger partial charge in [-0.05, 0) is 35.9 Å². The Labute approximate surface area is 170 Å². The van der Waals surface area contributed by atoms with Crippen LogP contribution in [-0.2, 0) is 6.54 Å². The highest BCUT2D eigenvalue weighted by atomic mass is 79.9. The second kappa shape index (κ2) is 8.19. The first-order valence-corrected chi connectivity index (χ1v) is 9.56. The van der Waals surface area contributed by atoms with Crippen molar-refractivity contribution < 1.29 is 4.79 Å². The van der Waals surface area contributed by atoms with Crippen LogP contribution in [0.4, 0.5) is 0 Å². The first-order valence-electron chi connectivity index (χ1n) is 8.76. The molecule has 0 aliphatic carbocycles. The maximum Gasteiger partial charge on any atom is 0.272 e. The molecule has 0 aliphatic heterocycles. The lowest BCUT2D eigenvalue weighted by molar-refractivity contribution is 0.0955. The van der Waals surface area contributed by atoms with Crippen LogP contribution in [0.25, 0.3) is 10.9 Å². The Morgan fingerprint density at radius 2 is 1.93 bits per heavy atom. The molecule has 0 bridgehead atoms. The molecule has 0 atom stereocenters. The second-order valence-corrected chi connectivity index (χ2v) is 7.21. The highest BCUT2D eigenvalue weighted by molar-refractivity contribution is 9.10. The van der Waals surface area contributed by atoms with Gasteiger partial charge in [0.15, 0.2) is 0 Å². The molecule has 0 spiro atoms. The van der Waals surface area contributed by atoms with E-state index in [1.165, 1.54) is 11.8 Å². The Hall–Kier alpha value is -3.25. The molecule has 6 heteroatoms. The molecule has 5 nitrogen and oxygen atoms in total. The van der Waals surface area contributed by atoms with Crippen LogP contribution in [0.2, 0.25) is 0 Å². The van der Waals surface area contributed by atoms with E-state index < -0.39 is 0 Å². The van der Waals surface area contributed by atoms with Crippen molar-refractivity contribution >= 4 is 39.0 Å². The third kappa shape index (κ3) is 4.02. The summed E-state index contributed by atoms with van der Waals surface area (Å²) in [6.45, 7) is 0.754. The molecule has 0 saturated carbocycles. The number of fused-ring (bicyclic) bond motifs is 1. The molecule has 0 aliphatic rings. The molecule has 4 aromatic rings. The Bertz CT molecular complexity index is 1130. The number of hydrogen-bond donors (Lipinski definition) is 1. The van der Waals surface area contributed by atoms with Gasteiger partial charge in [-0.1, -0.05) is 46.3 Å². The van der Waals surface area contributed by atoms with E-state index in [-0.39, 0.29) is 5.91 Å². The van der Waals surface area contributed by atoms with E-state index in [4.69, 9.17) is 0 Å². The number of carbonyl (C=O) groups is 1. The summed E-state index contributed by atoms with van der Waals surface area (Å²) in [7, 11) is 0. The molecule has 2 aromatic heterocycles. The van der Waals surface area contributed by atoms with Gasteiger partial charge >= 0.3 is 0 Å². The molecule has 1 amide bonds. The average Bonchev–Trinajstić information content (AvgIpc) is 3.08. The number of rotatable bonds is 5. The summed E-state index contributed by atoms with van der Waals surface area (Å²) in [6.07, 6.45) is 6.86. The van der Waals surface area contributed by atoms with Crippen LogP contribution in [-0.4, -0.2) is 21.7 Å². The van der Waals surface area contributed by atoms with Crippen LogP contribution in [0.5, 0.6) is 0 Å². The highest BCUT2D eigenvalue weighted by Gasteiger charge is 2.08. The average molecular weight is 433 g/mol.